The normalized spacial score (nSPS) is 18.3. The van der Waals surface area contributed by atoms with Crippen molar-refractivity contribution in [2.75, 3.05) is 11.5 Å². The number of thioether (sulfide) groups is 1. The van der Waals surface area contributed by atoms with E-state index in [-0.39, 0.29) is 27.1 Å². The highest BCUT2D eigenvalue weighted by molar-refractivity contribution is 9.10. The summed E-state index contributed by atoms with van der Waals surface area (Å²) < 4.78 is 42.8. The number of aromatic nitrogens is 1. The van der Waals surface area contributed by atoms with Crippen LogP contribution in [-0.4, -0.2) is 33.4 Å². The number of hydrogen-bond acceptors (Lipinski definition) is 5. The average Bonchev–Trinajstić information content (AvgIpc) is 3.20. The molecule has 0 saturated carbocycles. The van der Waals surface area contributed by atoms with Gasteiger partial charge in [0.25, 0.3) is 5.60 Å². The molecule has 1 aliphatic heterocycles. The molecule has 3 rings (SSSR count). The first-order valence-corrected chi connectivity index (χ1v) is 12.5. The Bertz CT molecular complexity index is 1060. The fourth-order valence-corrected chi connectivity index (χ4v) is 4.45. The number of nitrogens with one attached hydrogen (secondary N) is 1. The molecule has 1 unspecified atom stereocenters. The zero-order valence-corrected chi connectivity index (χ0v) is 21.3. The van der Waals surface area contributed by atoms with Crippen LogP contribution in [0.25, 0.3) is 0 Å². The van der Waals surface area contributed by atoms with Crippen LogP contribution in [0.4, 0.5) is 13.2 Å². The Kier molecular flexibility index (Phi) is 8.35. The van der Waals surface area contributed by atoms with Gasteiger partial charge in [-0.3, -0.25) is 0 Å². The van der Waals surface area contributed by atoms with Gasteiger partial charge in [-0.15, -0.1) is 0 Å². The molecule has 172 valence electrons. The molecule has 1 aliphatic rings. The lowest BCUT2D eigenvalue weighted by Gasteiger charge is -2.29. The van der Waals surface area contributed by atoms with Crippen LogP contribution in [0.5, 0.6) is 0 Å². The predicted octanol–water partition coefficient (Wildman–Crippen LogP) is 6.90. The molecule has 0 spiro atoms. The van der Waals surface area contributed by atoms with E-state index in [0.717, 1.165) is 5.75 Å². The second-order valence-corrected chi connectivity index (χ2v) is 10.2. The second kappa shape index (κ2) is 10.5. The molecule has 2 aromatic rings. The third-order valence-electron chi connectivity index (χ3n) is 4.71. The van der Waals surface area contributed by atoms with Crippen molar-refractivity contribution in [2.45, 2.75) is 31.7 Å². The molecule has 32 heavy (non-hydrogen) atoms. The maximum Gasteiger partial charge on any atom is 0.435 e. The summed E-state index contributed by atoms with van der Waals surface area (Å²) in [6.45, 7) is 2.41. The van der Waals surface area contributed by atoms with Crippen molar-refractivity contribution in [3.05, 3.63) is 61.8 Å². The van der Waals surface area contributed by atoms with Gasteiger partial charge in [-0.25, -0.2) is 4.98 Å². The summed E-state index contributed by atoms with van der Waals surface area (Å²) in [6.07, 6.45) is -5.30. The average molecular weight is 587 g/mol. The minimum Gasteiger partial charge on any atom is -0.375 e. The van der Waals surface area contributed by atoms with Gasteiger partial charge in [-0.2, -0.15) is 24.9 Å². The van der Waals surface area contributed by atoms with E-state index in [1.54, 1.807) is 23.9 Å². The van der Waals surface area contributed by atoms with E-state index >= 15 is 0 Å². The minimum absolute atomic E-state index is 0.0395. The standard InChI is InChI=1S/C20H17BrCl2F3N3OS2/c1-2-32-10-17(31)27-9-11-3-6-15(28-18(11)23)16-8-19(30-29-16,20(24,25)26)12-4-5-13(21)14(22)7-12/h3-7H,2,8-10H2,1H3,(H,27,31). The van der Waals surface area contributed by atoms with Crippen molar-refractivity contribution >= 4 is 73.8 Å². The summed E-state index contributed by atoms with van der Waals surface area (Å²) in [5.41, 5.74) is -1.90. The molecule has 4 nitrogen and oxygen atoms in total. The number of nitrogens with zero attached hydrogens (tertiary/aromatic N) is 2. The molecule has 1 aromatic heterocycles. The molecule has 1 atom stereocenters. The first kappa shape index (κ1) is 25.6. The predicted molar refractivity (Wildman–Crippen MR) is 131 cm³/mol. The first-order valence-electron chi connectivity index (χ1n) is 9.35. The van der Waals surface area contributed by atoms with E-state index in [1.807, 2.05) is 6.92 Å². The van der Waals surface area contributed by atoms with Gasteiger partial charge in [0.1, 0.15) is 10.9 Å². The van der Waals surface area contributed by atoms with E-state index in [4.69, 9.17) is 40.3 Å². The van der Waals surface area contributed by atoms with Gasteiger partial charge in [0.05, 0.1) is 22.1 Å². The molecule has 0 saturated heterocycles. The molecule has 1 aromatic carbocycles. The van der Waals surface area contributed by atoms with Crippen LogP contribution in [0.1, 0.15) is 30.2 Å². The Morgan fingerprint density at radius 3 is 2.69 bits per heavy atom. The quantitative estimate of drug-likeness (QED) is 0.282. The molecular formula is C20H17BrCl2F3N3OS2. The van der Waals surface area contributed by atoms with Crippen molar-refractivity contribution in [1.82, 2.24) is 10.3 Å². The number of benzene rings is 1. The Morgan fingerprint density at radius 2 is 2.06 bits per heavy atom. The maximum atomic E-state index is 14.1. The zero-order valence-electron chi connectivity index (χ0n) is 16.6. The summed E-state index contributed by atoms with van der Waals surface area (Å²) in [4.78, 5) is 9.94. The highest BCUT2D eigenvalue weighted by Gasteiger charge is 2.62. The van der Waals surface area contributed by atoms with Gasteiger partial charge in [0.2, 0.25) is 0 Å². The van der Waals surface area contributed by atoms with Crippen LogP contribution in [-0.2, 0) is 17.0 Å². The van der Waals surface area contributed by atoms with Crippen LogP contribution in [0.15, 0.2) is 40.0 Å². The van der Waals surface area contributed by atoms with Crippen molar-refractivity contribution in [1.29, 1.82) is 0 Å². The van der Waals surface area contributed by atoms with Gasteiger partial charge in [0.15, 0.2) is 0 Å². The minimum atomic E-state index is -4.74. The van der Waals surface area contributed by atoms with Gasteiger partial charge in [-0.05, 0) is 39.9 Å². The zero-order chi connectivity index (χ0) is 23.5. The van der Waals surface area contributed by atoms with Gasteiger partial charge in [0, 0.05) is 27.9 Å². The SMILES string of the molecule is CCSCC(=S)NCc1ccc(C2=NOC(c3ccc(Br)c(Cl)c3)(C(F)(F)F)C2)nc1Cl. The Balaban J connectivity index is 1.80. The van der Waals surface area contributed by atoms with Crippen molar-refractivity contribution < 1.29 is 18.0 Å². The Hall–Kier alpha value is -1.07. The lowest BCUT2D eigenvalue weighted by atomic mass is 9.87. The highest BCUT2D eigenvalue weighted by atomic mass is 79.9. The molecule has 0 aliphatic carbocycles. The van der Waals surface area contributed by atoms with E-state index in [0.29, 0.717) is 27.3 Å². The lowest BCUT2D eigenvalue weighted by molar-refractivity contribution is -0.275. The Morgan fingerprint density at radius 1 is 1.31 bits per heavy atom. The number of thiocarbonyl (C=S) groups is 1. The molecule has 0 bridgehead atoms. The maximum absolute atomic E-state index is 14.1. The number of hydrogen-bond donors (Lipinski definition) is 1. The molecule has 0 fully saturated rings. The van der Waals surface area contributed by atoms with Crippen molar-refractivity contribution in [3.8, 4) is 0 Å². The molecule has 12 heteroatoms. The van der Waals surface area contributed by atoms with Crippen molar-refractivity contribution in [2.24, 2.45) is 5.16 Å². The second-order valence-electron chi connectivity index (χ2n) is 6.82. The smallest absolute Gasteiger partial charge is 0.375 e. The van der Waals surface area contributed by atoms with Gasteiger partial charge < -0.3 is 10.2 Å². The molecular weight excluding hydrogens is 570 g/mol. The van der Waals surface area contributed by atoms with Gasteiger partial charge in [-0.1, -0.05) is 59.6 Å². The van der Waals surface area contributed by atoms with E-state index in [1.165, 1.54) is 18.2 Å². The number of rotatable bonds is 7. The monoisotopic (exact) mass is 585 g/mol. The van der Waals surface area contributed by atoms with Crippen LogP contribution in [0, 0.1) is 0 Å². The van der Waals surface area contributed by atoms with Crippen LogP contribution < -0.4 is 5.32 Å². The largest absolute Gasteiger partial charge is 0.435 e. The molecule has 0 radical (unpaired) electrons. The van der Waals surface area contributed by atoms with E-state index in [2.05, 4.69) is 31.4 Å². The summed E-state index contributed by atoms with van der Waals surface area (Å²) in [7, 11) is 0. The summed E-state index contributed by atoms with van der Waals surface area (Å²) >= 11 is 22.4. The summed E-state index contributed by atoms with van der Waals surface area (Å²) in [5.74, 6) is 1.65. The first-order chi connectivity index (χ1) is 15.1. The lowest BCUT2D eigenvalue weighted by Crippen LogP contribution is -2.42. The molecule has 2 heterocycles. The number of halogens is 6. The molecule has 0 amide bonds. The summed E-state index contributed by atoms with van der Waals surface area (Å²) in [6, 6.07) is 7.20. The summed E-state index contributed by atoms with van der Waals surface area (Å²) in [5, 5.41) is 7.10. The number of alkyl halides is 3. The van der Waals surface area contributed by atoms with Gasteiger partial charge >= 0.3 is 6.18 Å². The fraction of sp³-hybridized carbons (Fsp3) is 0.350. The third kappa shape index (κ3) is 5.52. The van der Waals surface area contributed by atoms with Crippen LogP contribution in [0.2, 0.25) is 10.2 Å². The van der Waals surface area contributed by atoms with E-state index < -0.39 is 18.2 Å². The van der Waals surface area contributed by atoms with Crippen molar-refractivity contribution in [3.63, 3.8) is 0 Å². The number of pyridine rings is 1. The highest BCUT2D eigenvalue weighted by Crippen LogP contribution is 2.49. The van der Waals surface area contributed by atoms with Crippen LogP contribution >= 0.6 is 63.1 Å². The topological polar surface area (TPSA) is 46.5 Å². The Labute approximate surface area is 211 Å². The van der Waals surface area contributed by atoms with Crippen LogP contribution in [0.3, 0.4) is 0 Å². The third-order valence-corrected chi connectivity index (χ3v) is 7.64. The van der Waals surface area contributed by atoms with E-state index in [9.17, 15) is 13.2 Å². The number of oxime groups is 1. The molecule has 1 N–H and O–H groups in total. The fourth-order valence-electron chi connectivity index (χ4n) is 2.98.